The third-order valence-corrected chi connectivity index (χ3v) is 6.15. The number of rotatable bonds is 5. The molecule has 31 heavy (non-hydrogen) atoms. The molecule has 1 amide bonds. The molecule has 1 N–H and O–H groups in total. The lowest BCUT2D eigenvalue weighted by Crippen LogP contribution is -2.10. The maximum atomic E-state index is 12.6. The van der Waals surface area contributed by atoms with E-state index < -0.39 is 0 Å². The van der Waals surface area contributed by atoms with Gasteiger partial charge >= 0.3 is 0 Å². The quantitative estimate of drug-likeness (QED) is 0.316. The first-order chi connectivity index (χ1) is 15.1. The van der Waals surface area contributed by atoms with Gasteiger partial charge in [0.25, 0.3) is 5.91 Å². The fourth-order valence-electron chi connectivity index (χ4n) is 3.30. The summed E-state index contributed by atoms with van der Waals surface area (Å²) in [7, 11) is 0. The first kappa shape index (κ1) is 19.5. The molecule has 0 aliphatic rings. The van der Waals surface area contributed by atoms with Crippen LogP contribution in [0, 0.1) is 0 Å². The maximum Gasteiger partial charge on any atom is 0.291 e. The number of amides is 1. The Morgan fingerprint density at radius 2 is 1.71 bits per heavy atom. The summed E-state index contributed by atoms with van der Waals surface area (Å²) in [4.78, 5) is 17.2. The Morgan fingerprint density at radius 1 is 0.935 bits per heavy atom. The van der Waals surface area contributed by atoms with Crippen molar-refractivity contribution in [1.82, 2.24) is 4.98 Å². The molecule has 5 rings (SSSR count). The molecule has 6 heteroatoms. The Bertz CT molecular complexity index is 1320. The van der Waals surface area contributed by atoms with Crippen molar-refractivity contribution in [2.75, 3.05) is 5.32 Å². The number of fused-ring (bicyclic) bond motifs is 1. The Balaban J connectivity index is 1.25. The van der Waals surface area contributed by atoms with Crippen LogP contribution in [0.3, 0.4) is 0 Å². The minimum atomic E-state index is -0.292. The van der Waals surface area contributed by atoms with E-state index in [1.807, 2.05) is 54.6 Å². The minimum Gasteiger partial charge on any atom is -0.451 e. The standard InChI is InChI=1S/C25H17ClN2O2S/c26-18-9-7-17(8-10-18)21-13-14-22(30-21)25(29)27-19-11-5-16(6-12-19)15-24-28-20-3-1-2-4-23(20)31-24/h1-14H,15H2,(H,27,29). The molecule has 0 saturated carbocycles. The van der Waals surface area contributed by atoms with Crippen LogP contribution in [-0.2, 0) is 6.42 Å². The van der Waals surface area contributed by atoms with Crippen LogP contribution < -0.4 is 5.32 Å². The number of thiazole rings is 1. The molecule has 0 saturated heterocycles. The molecule has 0 fully saturated rings. The summed E-state index contributed by atoms with van der Waals surface area (Å²) in [6, 6.07) is 26.7. The van der Waals surface area contributed by atoms with Gasteiger partial charge in [-0.25, -0.2) is 4.98 Å². The van der Waals surface area contributed by atoms with Crippen LogP contribution >= 0.6 is 22.9 Å². The third-order valence-electron chi connectivity index (χ3n) is 4.86. The van der Waals surface area contributed by atoms with E-state index in [1.165, 1.54) is 4.70 Å². The second-order valence-electron chi connectivity index (χ2n) is 7.07. The lowest BCUT2D eigenvalue weighted by atomic mass is 10.1. The van der Waals surface area contributed by atoms with Gasteiger partial charge in [-0.05, 0) is 66.2 Å². The molecule has 0 aliphatic carbocycles. The van der Waals surface area contributed by atoms with Crippen LogP contribution in [0.1, 0.15) is 21.1 Å². The number of anilines is 1. The Hall–Kier alpha value is -3.41. The van der Waals surface area contributed by atoms with E-state index >= 15 is 0 Å². The van der Waals surface area contributed by atoms with E-state index in [0.717, 1.165) is 28.1 Å². The third kappa shape index (κ3) is 4.38. The number of carbonyl (C=O) groups is 1. The van der Waals surface area contributed by atoms with Gasteiger partial charge in [-0.15, -0.1) is 11.3 Å². The highest BCUT2D eigenvalue weighted by Gasteiger charge is 2.13. The zero-order valence-corrected chi connectivity index (χ0v) is 17.9. The molecule has 5 aromatic rings. The molecule has 3 aromatic carbocycles. The molecule has 2 heterocycles. The van der Waals surface area contributed by atoms with Gasteiger partial charge < -0.3 is 9.73 Å². The molecule has 0 atom stereocenters. The van der Waals surface area contributed by atoms with Crippen molar-refractivity contribution in [3.8, 4) is 11.3 Å². The summed E-state index contributed by atoms with van der Waals surface area (Å²) in [6.45, 7) is 0. The van der Waals surface area contributed by atoms with Crippen LogP contribution in [0.5, 0.6) is 0 Å². The van der Waals surface area contributed by atoms with Crippen LogP contribution in [0.15, 0.2) is 89.3 Å². The number of furan rings is 1. The first-order valence-electron chi connectivity index (χ1n) is 9.74. The Kier molecular flexibility index (Phi) is 5.28. The molecular formula is C25H17ClN2O2S. The largest absolute Gasteiger partial charge is 0.451 e. The summed E-state index contributed by atoms with van der Waals surface area (Å²) in [5.74, 6) is 0.579. The topological polar surface area (TPSA) is 55.1 Å². The average molecular weight is 445 g/mol. The zero-order chi connectivity index (χ0) is 21.2. The number of aromatic nitrogens is 1. The lowest BCUT2D eigenvalue weighted by molar-refractivity contribution is 0.0997. The first-order valence-corrected chi connectivity index (χ1v) is 10.9. The number of nitrogens with zero attached hydrogens (tertiary/aromatic N) is 1. The molecular weight excluding hydrogens is 428 g/mol. The second kappa shape index (κ2) is 8.38. The summed E-state index contributed by atoms with van der Waals surface area (Å²) in [5.41, 5.74) is 3.74. The van der Waals surface area contributed by atoms with E-state index in [-0.39, 0.29) is 11.7 Å². The molecule has 152 valence electrons. The van der Waals surface area contributed by atoms with Gasteiger partial charge in [0.2, 0.25) is 0 Å². The number of benzene rings is 3. The normalized spacial score (nSPS) is 11.0. The highest BCUT2D eigenvalue weighted by molar-refractivity contribution is 7.18. The van der Waals surface area contributed by atoms with Crippen molar-refractivity contribution >= 4 is 44.7 Å². The van der Waals surface area contributed by atoms with Crippen molar-refractivity contribution in [2.24, 2.45) is 0 Å². The second-order valence-corrected chi connectivity index (χ2v) is 8.63. The fourth-order valence-corrected chi connectivity index (χ4v) is 4.43. The van der Waals surface area contributed by atoms with Crippen molar-refractivity contribution in [1.29, 1.82) is 0 Å². The minimum absolute atomic E-state index is 0.253. The molecule has 0 spiro atoms. The van der Waals surface area contributed by atoms with Gasteiger partial charge in [0, 0.05) is 22.7 Å². The van der Waals surface area contributed by atoms with E-state index in [4.69, 9.17) is 16.0 Å². The van der Waals surface area contributed by atoms with Crippen LogP contribution in [0.2, 0.25) is 5.02 Å². The van der Waals surface area contributed by atoms with E-state index in [1.54, 1.807) is 35.6 Å². The smallest absolute Gasteiger partial charge is 0.291 e. The number of carbonyl (C=O) groups excluding carboxylic acids is 1. The Labute approximate surface area is 188 Å². The van der Waals surface area contributed by atoms with Crippen molar-refractivity contribution in [2.45, 2.75) is 6.42 Å². The highest BCUT2D eigenvalue weighted by Crippen LogP contribution is 2.26. The van der Waals surface area contributed by atoms with Gasteiger partial charge in [0.05, 0.1) is 15.2 Å². The molecule has 4 nitrogen and oxygen atoms in total. The molecule has 0 aliphatic heterocycles. The highest BCUT2D eigenvalue weighted by atomic mass is 35.5. The van der Waals surface area contributed by atoms with E-state index in [9.17, 15) is 4.79 Å². The van der Waals surface area contributed by atoms with E-state index in [0.29, 0.717) is 16.5 Å². The van der Waals surface area contributed by atoms with Crippen molar-refractivity contribution < 1.29 is 9.21 Å². The van der Waals surface area contributed by atoms with Gasteiger partial charge in [-0.2, -0.15) is 0 Å². The number of hydrogen-bond donors (Lipinski definition) is 1. The monoisotopic (exact) mass is 444 g/mol. The lowest BCUT2D eigenvalue weighted by Gasteiger charge is -2.05. The van der Waals surface area contributed by atoms with Crippen LogP contribution in [0.25, 0.3) is 21.5 Å². The predicted molar refractivity (Wildman–Crippen MR) is 126 cm³/mol. The van der Waals surface area contributed by atoms with Gasteiger partial charge in [-0.1, -0.05) is 35.9 Å². The zero-order valence-electron chi connectivity index (χ0n) is 16.3. The van der Waals surface area contributed by atoms with E-state index in [2.05, 4.69) is 16.4 Å². The Morgan fingerprint density at radius 3 is 2.48 bits per heavy atom. The predicted octanol–water partition coefficient (Wildman–Crippen LogP) is 7.05. The summed E-state index contributed by atoms with van der Waals surface area (Å²) in [6.07, 6.45) is 0.760. The maximum absolute atomic E-state index is 12.6. The van der Waals surface area contributed by atoms with Crippen LogP contribution in [0.4, 0.5) is 5.69 Å². The van der Waals surface area contributed by atoms with Gasteiger partial charge in [0.15, 0.2) is 5.76 Å². The number of nitrogens with one attached hydrogen (secondary N) is 1. The summed E-state index contributed by atoms with van der Waals surface area (Å²) >= 11 is 7.63. The van der Waals surface area contributed by atoms with Crippen molar-refractivity contribution in [3.63, 3.8) is 0 Å². The molecule has 2 aromatic heterocycles. The molecule has 0 bridgehead atoms. The summed E-state index contributed by atoms with van der Waals surface area (Å²) in [5, 5.41) is 4.60. The number of halogens is 1. The summed E-state index contributed by atoms with van der Waals surface area (Å²) < 4.78 is 6.91. The SMILES string of the molecule is O=C(Nc1ccc(Cc2nc3ccccc3s2)cc1)c1ccc(-c2ccc(Cl)cc2)o1. The number of para-hydroxylation sites is 1. The average Bonchev–Trinajstić information content (AvgIpc) is 3.43. The fraction of sp³-hybridized carbons (Fsp3) is 0.0400. The van der Waals surface area contributed by atoms with Crippen LogP contribution in [-0.4, -0.2) is 10.9 Å². The molecule has 0 radical (unpaired) electrons. The van der Waals surface area contributed by atoms with Crippen molar-refractivity contribution in [3.05, 3.63) is 106 Å². The molecule has 0 unspecified atom stereocenters. The number of hydrogen-bond acceptors (Lipinski definition) is 4. The van der Waals surface area contributed by atoms with Gasteiger partial charge in [0.1, 0.15) is 5.76 Å². The van der Waals surface area contributed by atoms with Gasteiger partial charge in [-0.3, -0.25) is 4.79 Å².